The number of rotatable bonds is 8. The van der Waals surface area contributed by atoms with Crippen LogP contribution in [0.1, 0.15) is 11.7 Å². The molecule has 0 saturated carbocycles. The summed E-state index contributed by atoms with van der Waals surface area (Å²) in [6, 6.07) is 9.11. The van der Waals surface area contributed by atoms with E-state index in [1.54, 1.807) is 19.2 Å². The molecule has 20 heavy (non-hydrogen) atoms. The molecule has 0 heterocycles. The Morgan fingerprint density at radius 3 is 2.45 bits per heavy atom. The lowest BCUT2D eigenvalue weighted by molar-refractivity contribution is -0.133. The van der Waals surface area contributed by atoms with Crippen LogP contribution in [-0.4, -0.2) is 45.7 Å². The number of ether oxygens (including phenoxy) is 2. The van der Waals surface area contributed by atoms with Crippen molar-refractivity contribution in [3.05, 3.63) is 35.9 Å². The zero-order valence-corrected chi connectivity index (χ0v) is 11.7. The smallest absolute Gasteiger partial charge is 0.254 e. The summed E-state index contributed by atoms with van der Waals surface area (Å²) in [5.74, 6) is -0.612. The van der Waals surface area contributed by atoms with Gasteiger partial charge in [0.05, 0.1) is 13.2 Å². The molecule has 110 valence electrons. The van der Waals surface area contributed by atoms with Gasteiger partial charge in [-0.3, -0.25) is 9.59 Å². The number of hydrogen-bond donors (Lipinski definition) is 2. The third kappa shape index (κ3) is 5.38. The molecule has 0 aliphatic heterocycles. The van der Waals surface area contributed by atoms with Crippen LogP contribution < -0.4 is 10.6 Å². The van der Waals surface area contributed by atoms with Gasteiger partial charge in [-0.15, -0.1) is 0 Å². The molecule has 0 fully saturated rings. The number of hydrogen-bond acceptors (Lipinski definition) is 4. The van der Waals surface area contributed by atoms with E-state index in [9.17, 15) is 9.59 Å². The summed E-state index contributed by atoms with van der Waals surface area (Å²) in [7, 11) is 3.01. The molecule has 6 heteroatoms. The topological polar surface area (TPSA) is 76.7 Å². The highest BCUT2D eigenvalue weighted by atomic mass is 16.5. The molecule has 0 saturated heterocycles. The Kier molecular flexibility index (Phi) is 7.31. The lowest BCUT2D eigenvalue weighted by atomic mass is 10.1. The van der Waals surface area contributed by atoms with E-state index in [1.165, 1.54) is 7.11 Å². The fourth-order valence-electron chi connectivity index (χ4n) is 1.64. The second kappa shape index (κ2) is 9.06. The molecule has 0 aromatic heterocycles. The van der Waals surface area contributed by atoms with Gasteiger partial charge in [0.1, 0.15) is 0 Å². The fraction of sp³-hybridized carbons (Fsp3) is 0.429. The lowest BCUT2D eigenvalue weighted by Crippen LogP contribution is -2.40. The van der Waals surface area contributed by atoms with Crippen molar-refractivity contribution in [2.75, 3.05) is 33.9 Å². The summed E-state index contributed by atoms with van der Waals surface area (Å²) in [4.78, 5) is 23.4. The zero-order chi connectivity index (χ0) is 14.8. The van der Waals surface area contributed by atoms with Gasteiger partial charge >= 0.3 is 0 Å². The highest BCUT2D eigenvalue weighted by Crippen LogP contribution is 2.15. The van der Waals surface area contributed by atoms with Crippen molar-refractivity contribution in [2.45, 2.75) is 6.10 Å². The highest BCUT2D eigenvalue weighted by molar-refractivity contribution is 5.87. The average molecular weight is 280 g/mol. The Balaban J connectivity index is 2.42. The minimum Gasteiger partial charge on any atom is -0.383 e. The third-order valence-corrected chi connectivity index (χ3v) is 2.63. The maximum Gasteiger partial charge on any atom is 0.254 e. The van der Waals surface area contributed by atoms with Crippen molar-refractivity contribution in [1.82, 2.24) is 10.6 Å². The number of carbonyl (C=O) groups is 2. The second-order valence-electron chi connectivity index (χ2n) is 4.09. The molecule has 1 unspecified atom stereocenters. The van der Waals surface area contributed by atoms with Crippen molar-refractivity contribution in [2.24, 2.45) is 0 Å². The van der Waals surface area contributed by atoms with Crippen LogP contribution >= 0.6 is 0 Å². The monoisotopic (exact) mass is 280 g/mol. The number of nitrogens with one attached hydrogen (secondary N) is 2. The minimum absolute atomic E-state index is 0.0881. The van der Waals surface area contributed by atoms with Gasteiger partial charge in [0.15, 0.2) is 6.10 Å². The summed E-state index contributed by atoms with van der Waals surface area (Å²) in [6.07, 6.45) is -0.719. The van der Waals surface area contributed by atoms with Gasteiger partial charge in [0.2, 0.25) is 5.91 Å². The van der Waals surface area contributed by atoms with E-state index in [4.69, 9.17) is 9.47 Å². The molecule has 2 amide bonds. The zero-order valence-electron chi connectivity index (χ0n) is 11.7. The SMILES string of the molecule is COCCNC(=O)CNC(=O)C(OC)c1ccccc1. The van der Waals surface area contributed by atoms with Crippen molar-refractivity contribution in [3.63, 3.8) is 0 Å². The molecule has 0 aliphatic rings. The molecule has 0 radical (unpaired) electrons. The molecule has 1 rings (SSSR count). The summed E-state index contributed by atoms with van der Waals surface area (Å²) in [6.45, 7) is 0.761. The first-order valence-electron chi connectivity index (χ1n) is 6.30. The van der Waals surface area contributed by atoms with Crippen molar-refractivity contribution in [1.29, 1.82) is 0 Å². The molecular weight excluding hydrogens is 260 g/mol. The maximum absolute atomic E-state index is 12.0. The lowest BCUT2D eigenvalue weighted by Gasteiger charge is -2.15. The molecule has 6 nitrogen and oxygen atoms in total. The van der Waals surface area contributed by atoms with Gasteiger partial charge in [0.25, 0.3) is 5.91 Å². The molecule has 0 aliphatic carbocycles. The number of methoxy groups -OCH3 is 2. The molecule has 0 spiro atoms. The molecule has 1 aromatic rings. The van der Waals surface area contributed by atoms with Crippen LogP contribution in [0.5, 0.6) is 0 Å². The van der Waals surface area contributed by atoms with E-state index in [-0.39, 0.29) is 18.4 Å². The largest absolute Gasteiger partial charge is 0.383 e. The molecule has 1 atom stereocenters. The van der Waals surface area contributed by atoms with E-state index in [0.29, 0.717) is 13.2 Å². The van der Waals surface area contributed by atoms with E-state index in [0.717, 1.165) is 5.56 Å². The summed E-state index contributed by atoms with van der Waals surface area (Å²) in [5.41, 5.74) is 0.743. The Hall–Kier alpha value is -1.92. The Morgan fingerprint density at radius 1 is 1.15 bits per heavy atom. The maximum atomic E-state index is 12.0. The molecular formula is C14H20N2O4. The first kappa shape index (κ1) is 16.1. The summed E-state index contributed by atoms with van der Waals surface area (Å²) in [5, 5.41) is 5.16. The van der Waals surface area contributed by atoms with Crippen LogP contribution in [-0.2, 0) is 19.1 Å². The summed E-state index contributed by atoms with van der Waals surface area (Å²) < 4.78 is 9.97. The first-order valence-corrected chi connectivity index (χ1v) is 6.30. The Labute approximate surface area is 118 Å². The van der Waals surface area contributed by atoms with Crippen LogP contribution in [0.15, 0.2) is 30.3 Å². The number of carbonyl (C=O) groups excluding carboxylic acids is 2. The van der Waals surface area contributed by atoms with Gasteiger partial charge in [0, 0.05) is 20.8 Å². The normalized spacial score (nSPS) is 11.7. The Morgan fingerprint density at radius 2 is 1.85 bits per heavy atom. The van der Waals surface area contributed by atoms with E-state index in [1.807, 2.05) is 18.2 Å². The average Bonchev–Trinajstić information content (AvgIpc) is 2.47. The van der Waals surface area contributed by atoms with E-state index in [2.05, 4.69) is 10.6 Å². The summed E-state index contributed by atoms with van der Waals surface area (Å²) >= 11 is 0. The van der Waals surface area contributed by atoms with E-state index >= 15 is 0 Å². The van der Waals surface area contributed by atoms with Crippen molar-refractivity contribution in [3.8, 4) is 0 Å². The quantitative estimate of drug-likeness (QED) is 0.669. The molecule has 2 N–H and O–H groups in total. The van der Waals surface area contributed by atoms with Crippen LogP contribution in [0.4, 0.5) is 0 Å². The van der Waals surface area contributed by atoms with Crippen LogP contribution in [0.25, 0.3) is 0 Å². The van der Waals surface area contributed by atoms with E-state index < -0.39 is 6.10 Å². The van der Waals surface area contributed by atoms with Crippen LogP contribution in [0.2, 0.25) is 0 Å². The predicted molar refractivity (Wildman–Crippen MR) is 74.1 cm³/mol. The number of benzene rings is 1. The minimum atomic E-state index is -0.719. The van der Waals surface area contributed by atoms with Gasteiger partial charge in [-0.25, -0.2) is 0 Å². The number of amides is 2. The molecule has 1 aromatic carbocycles. The second-order valence-corrected chi connectivity index (χ2v) is 4.09. The van der Waals surface area contributed by atoms with Gasteiger partial charge in [-0.05, 0) is 5.56 Å². The third-order valence-electron chi connectivity index (χ3n) is 2.63. The molecule has 0 bridgehead atoms. The van der Waals surface area contributed by atoms with Crippen LogP contribution in [0.3, 0.4) is 0 Å². The van der Waals surface area contributed by atoms with Crippen molar-refractivity contribution >= 4 is 11.8 Å². The van der Waals surface area contributed by atoms with Crippen molar-refractivity contribution < 1.29 is 19.1 Å². The van der Waals surface area contributed by atoms with Gasteiger partial charge in [-0.1, -0.05) is 30.3 Å². The van der Waals surface area contributed by atoms with Gasteiger partial charge in [-0.2, -0.15) is 0 Å². The van der Waals surface area contributed by atoms with Crippen LogP contribution in [0, 0.1) is 0 Å². The fourth-order valence-corrected chi connectivity index (χ4v) is 1.64. The highest BCUT2D eigenvalue weighted by Gasteiger charge is 2.19. The van der Waals surface area contributed by atoms with Gasteiger partial charge < -0.3 is 20.1 Å². The predicted octanol–water partition coefficient (Wildman–Crippen LogP) is 0.253. The standard InChI is InChI=1S/C14H20N2O4/c1-19-9-8-15-12(17)10-16-14(18)13(20-2)11-6-4-3-5-7-11/h3-7,13H,8-10H2,1-2H3,(H,15,17)(H,16,18). The Bertz CT molecular complexity index is 422. The first-order chi connectivity index (χ1) is 9.69.